The van der Waals surface area contributed by atoms with Crippen molar-refractivity contribution in [2.45, 2.75) is 17.4 Å². The van der Waals surface area contributed by atoms with Gasteiger partial charge in [0, 0.05) is 5.75 Å². The number of nitrogens with zero attached hydrogens (tertiary/aromatic N) is 3. The number of nitrogens with one attached hydrogen (secondary N) is 1. The molecule has 27 heavy (non-hydrogen) atoms. The molecule has 0 bridgehead atoms. The van der Waals surface area contributed by atoms with Crippen LogP contribution in [0.4, 0.5) is 10.8 Å². The average Bonchev–Trinajstić information content (AvgIpc) is 3.12. The van der Waals surface area contributed by atoms with Gasteiger partial charge >= 0.3 is 0 Å². The number of amides is 1. The minimum absolute atomic E-state index is 0.0735. The number of hydrogen-bond acceptors (Lipinski definition) is 8. The van der Waals surface area contributed by atoms with Gasteiger partial charge in [-0.2, -0.15) is 0 Å². The lowest BCUT2D eigenvalue weighted by molar-refractivity contribution is -0.122. The second kappa shape index (κ2) is 8.28. The van der Waals surface area contributed by atoms with Crippen molar-refractivity contribution in [3.8, 4) is 5.75 Å². The molecule has 1 N–H and O–H groups in total. The number of carbonyl (C=O) groups excluding carboxylic acids is 1. The lowest BCUT2D eigenvalue weighted by Gasteiger charge is -2.34. The normalized spacial score (nSPS) is 16.3. The summed E-state index contributed by atoms with van der Waals surface area (Å²) < 4.78 is 32.6. The molecule has 0 saturated carbocycles. The Balaban J connectivity index is 1.78. The number of aromatic nitrogens is 2. The summed E-state index contributed by atoms with van der Waals surface area (Å²) in [7, 11) is -3.54. The minimum Gasteiger partial charge on any atom is -0.476 e. The monoisotopic (exact) mass is 426 g/mol. The SMILES string of the molecule is C=CCSc1nnc(NC(=O)[C@@H]2CN(S(=O)(=O)CC)c3ccccc3O2)s1. The Morgan fingerprint density at radius 2 is 2.26 bits per heavy atom. The number of carbonyl (C=O) groups is 1. The van der Waals surface area contributed by atoms with E-state index in [2.05, 4.69) is 22.1 Å². The van der Waals surface area contributed by atoms with E-state index in [9.17, 15) is 13.2 Å². The summed E-state index contributed by atoms with van der Waals surface area (Å²) in [6.07, 6.45) is 0.759. The summed E-state index contributed by atoms with van der Waals surface area (Å²) in [5.41, 5.74) is 0.433. The Bertz CT molecular complexity index is 945. The van der Waals surface area contributed by atoms with Gasteiger partial charge in [-0.25, -0.2) is 8.42 Å². The summed E-state index contributed by atoms with van der Waals surface area (Å²) in [6, 6.07) is 6.75. The number of fused-ring (bicyclic) bond motifs is 1. The molecular formula is C16H18N4O4S3. The van der Waals surface area contributed by atoms with E-state index in [0.717, 1.165) is 0 Å². The summed E-state index contributed by atoms with van der Waals surface area (Å²) in [5, 5.41) is 10.9. The molecule has 0 saturated heterocycles. The molecule has 1 amide bonds. The molecule has 1 aromatic heterocycles. The first-order valence-electron chi connectivity index (χ1n) is 8.08. The predicted molar refractivity (Wildman–Crippen MR) is 107 cm³/mol. The fourth-order valence-electron chi connectivity index (χ4n) is 2.39. The van der Waals surface area contributed by atoms with Gasteiger partial charge in [-0.3, -0.25) is 14.4 Å². The number of hydrogen-bond donors (Lipinski definition) is 1. The molecular weight excluding hydrogens is 408 g/mol. The van der Waals surface area contributed by atoms with Gasteiger partial charge in [0.25, 0.3) is 5.91 Å². The number of anilines is 2. The molecule has 0 unspecified atom stereocenters. The third-order valence-electron chi connectivity index (χ3n) is 3.69. The van der Waals surface area contributed by atoms with Crippen molar-refractivity contribution in [1.82, 2.24) is 10.2 Å². The number of rotatable bonds is 7. The Labute approximate surface area is 165 Å². The number of para-hydroxylation sites is 2. The lowest BCUT2D eigenvalue weighted by atomic mass is 10.2. The van der Waals surface area contributed by atoms with Gasteiger partial charge in [-0.05, 0) is 19.1 Å². The molecule has 0 aliphatic carbocycles. The van der Waals surface area contributed by atoms with Crippen molar-refractivity contribution in [3.05, 3.63) is 36.9 Å². The standard InChI is InChI=1S/C16H18N4O4S3/c1-3-9-25-16-19-18-15(26-16)17-14(21)13-10-20(27(22,23)4-2)11-7-5-6-8-12(11)24-13/h3,5-8,13H,1,4,9-10H2,2H3,(H,17,18,21)/t13-/m0/s1. The minimum atomic E-state index is -3.54. The third-order valence-corrected chi connectivity index (χ3v) is 7.40. The first-order valence-corrected chi connectivity index (χ1v) is 11.5. The molecule has 144 valence electrons. The van der Waals surface area contributed by atoms with Crippen LogP contribution in [0.1, 0.15) is 6.92 Å². The van der Waals surface area contributed by atoms with Crippen molar-refractivity contribution >= 4 is 49.8 Å². The average molecular weight is 427 g/mol. The smallest absolute Gasteiger partial charge is 0.269 e. The van der Waals surface area contributed by atoms with Gasteiger partial charge in [0.15, 0.2) is 10.4 Å². The molecule has 0 radical (unpaired) electrons. The van der Waals surface area contributed by atoms with Crippen molar-refractivity contribution in [3.63, 3.8) is 0 Å². The second-order valence-electron chi connectivity index (χ2n) is 5.47. The van der Waals surface area contributed by atoms with Gasteiger partial charge < -0.3 is 4.74 Å². The van der Waals surface area contributed by atoms with Crippen LogP contribution in [0.2, 0.25) is 0 Å². The fraction of sp³-hybridized carbons (Fsp3) is 0.312. The molecule has 2 aromatic rings. The van der Waals surface area contributed by atoms with Crippen LogP contribution in [-0.4, -0.2) is 48.7 Å². The maximum Gasteiger partial charge on any atom is 0.269 e. The maximum atomic E-state index is 12.6. The quantitative estimate of drug-likeness (QED) is 0.412. The zero-order valence-corrected chi connectivity index (χ0v) is 16.9. The fourth-order valence-corrected chi connectivity index (χ4v) is 5.03. The van der Waals surface area contributed by atoms with Crippen molar-refractivity contribution in [2.24, 2.45) is 0 Å². The van der Waals surface area contributed by atoms with Gasteiger partial charge in [0.05, 0.1) is 18.0 Å². The highest BCUT2D eigenvalue weighted by Gasteiger charge is 2.36. The van der Waals surface area contributed by atoms with Crippen molar-refractivity contribution in [2.75, 3.05) is 27.7 Å². The molecule has 1 aliphatic rings. The molecule has 8 nitrogen and oxygen atoms in total. The van der Waals surface area contributed by atoms with E-state index in [1.54, 1.807) is 37.3 Å². The van der Waals surface area contributed by atoms with Crippen molar-refractivity contribution < 1.29 is 17.9 Å². The van der Waals surface area contributed by atoms with E-state index in [4.69, 9.17) is 4.74 Å². The number of ether oxygens (including phenoxy) is 1. The molecule has 3 rings (SSSR count). The van der Waals surface area contributed by atoms with Crippen LogP contribution in [0.3, 0.4) is 0 Å². The summed E-state index contributed by atoms with van der Waals surface area (Å²) in [6.45, 7) is 5.10. The Hall–Kier alpha value is -2.11. The van der Waals surface area contributed by atoms with E-state index in [1.807, 2.05) is 0 Å². The zero-order valence-electron chi connectivity index (χ0n) is 14.5. The second-order valence-corrected chi connectivity index (χ2v) is 9.89. The van der Waals surface area contributed by atoms with Crippen LogP contribution < -0.4 is 14.4 Å². The first-order chi connectivity index (χ1) is 12.9. The number of thioether (sulfide) groups is 1. The summed E-state index contributed by atoms with van der Waals surface area (Å²) >= 11 is 2.69. The topological polar surface area (TPSA) is 101 Å². The van der Waals surface area contributed by atoms with E-state index in [-0.39, 0.29) is 12.3 Å². The zero-order chi connectivity index (χ0) is 19.4. The number of sulfonamides is 1. The molecule has 0 fully saturated rings. The molecule has 1 atom stereocenters. The predicted octanol–water partition coefficient (Wildman–Crippen LogP) is 2.37. The van der Waals surface area contributed by atoms with E-state index < -0.39 is 22.0 Å². The Morgan fingerprint density at radius 1 is 1.48 bits per heavy atom. The Kier molecular flexibility index (Phi) is 6.02. The van der Waals surface area contributed by atoms with Gasteiger partial charge in [0.2, 0.25) is 15.2 Å². The van der Waals surface area contributed by atoms with Crippen LogP contribution in [0.25, 0.3) is 0 Å². The van der Waals surface area contributed by atoms with Crippen LogP contribution >= 0.6 is 23.1 Å². The van der Waals surface area contributed by atoms with Crippen LogP contribution in [0.15, 0.2) is 41.3 Å². The highest BCUT2D eigenvalue weighted by molar-refractivity contribution is 8.01. The molecule has 2 heterocycles. The molecule has 1 aromatic carbocycles. The van der Waals surface area contributed by atoms with Gasteiger partial charge in [-0.15, -0.1) is 16.8 Å². The van der Waals surface area contributed by atoms with E-state index in [0.29, 0.717) is 26.7 Å². The van der Waals surface area contributed by atoms with E-state index >= 15 is 0 Å². The lowest BCUT2D eigenvalue weighted by Crippen LogP contribution is -2.49. The van der Waals surface area contributed by atoms with Crippen LogP contribution in [0, 0.1) is 0 Å². The van der Waals surface area contributed by atoms with Gasteiger partial charge in [-0.1, -0.05) is 41.3 Å². The molecule has 11 heteroatoms. The third kappa shape index (κ3) is 4.42. The Morgan fingerprint density at radius 3 is 3.00 bits per heavy atom. The van der Waals surface area contributed by atoms with Gasteiger partial charge in [0.1, 0.15) is 5.75 Å². The highest BCUT2D eigenvalue weighted by atomic mass is 32.2. The van der Waals surface area contributed by atoms with E-state index in [1.165, 1.54) is 27.4 Å². The highest BCUT2D eigenvalue weighted by Crippen LogP contribution is 2.35. The van der Waals surface area contributed by atoms with Crippen LogP contribution in [0.5, 0.6) is 5.75 Å². The van der Waals surface area contributed by atoms with Crippen molar-refractivity contribution in [1.29, 1.82) is 0 Å². The maximum absolute atomic E-state index is 12.6. The van der Waals surface area contributed by atoms with Crippen LogP contribution in [-0.2, 0) is 14.8 Å². The first kappa shape index (κ1) is 19.6. The molecule has 0 spiro atoms. The molecule has 1 aliphatic heterocycles. The number of benzene rings is 1. The summed E-state index contributed by atoms with van der Waals surface area (Å²) in [5.74, 6) is 0.489. The largest absolute Gasteiger partial charge is 0.476 e. The summed E-state index contributed by atoms with van der Waals surface area (Å²) in [4.78, 5) is 12.6.